The minimum Gasteiger partial charge on any atom is -0.495 e. The first-order chi connectivity index (χ1) is 13.8. The fraction of sp³-hybridized carbons (Fsp3) is 0.550. The Morgan fingerprint density at radius 2 is 2.10 bits per heavy atom. The molecule has 1 heterocycles. The summed E-state index contributed by atoms with van der Waals surface area (Å²) in [5.74, 6) is -0.490. The number of hydrogen-bond donors (Lipinski definition) is 1. The Balaban J connectivity index is 1.86. The maximum Gasteiger partial charge on any atom is 0.310 e. The maximum atomic E-state index is 12.5. The molecule has 9 heteroatoms. The smallest absolute Gasteiger partial charge is 0.310 e. The average molecular weight is 426 g/mol. The molecule has 1 saturated heterocycles. The number of hydrogen-bond acceptors (Lipinski definition) is 6. The van der Waals surface area contributed by atoms with Crippen molar-refractivity contribution in [3.63, 3.8) is 0 Å². The second-order valence-electron chi connectivity index (χ2n) is 6.97. The zero-order chi connectivity index (χ0) is 21.4. The molecule has 0 aromatic heterocycles. The van der Waals surface area contributed by atoms with Crippen molar-refractivity contribution in [2.75, 3.05) is 52.3 Å². The van der Waals surface area contributed by atoms with Gasteiger partial charge in [0.15, 0.2) is 0 Å². The number of ether oxygens (including phenoxy) is 2. The number of likely N-dealkylation sites (N-methyl/N-ethyl adjacent to an activating group) is 1. The highest BCUT2D eigenvalue weighted by molar-refractivity contribution is 6.31. The summed E-state index contributed by atoms with van der Waals surface area (Å²) in [7, 11) is 3.07. The Bertz CT molecular complexity index is 743. The summed E-state index contributed by atoms with van der Waals surface area (Å²) < 4.78 is 10.3. The summed E-state index contributed by atoms with van der Waals surface area (Å²) in [6.07, 6.45) is 1.60. The van der Waals surface area contributed by atoms with Crippen LogP contribution in [0.2, 0.25) is 5.02 Å². The van der Waals surface area contributed by atoms with Gasteiger partial charge in [-0.1, -0.05) is 11.6 Å². The summed E-state index contributed by atoms with van der Waals surface area (Å²) in [6, 6.07) is 4.90. The molecule has 29 heavy (non-hydrogen) atoms. The lowest BCUT2D eigenvalue weighted by atomic mass is 9.98. The topological polar surface area (TPSA) is 88.2 Å². The van der Waals surface area contributed by atoms with Gasteiger partial charge in [0, 0.05) is 18.6 Å². The predicted molar refractivity (Wildman–Crippen MR) is 110 cm³/mol. The van der Waals surface area contributed by atoms with E-state index >= 15 is 0 Å². The summed E-state index contributed by atoms with van der Waals surface area (Å²) >= 11 is 5.97. The number of nitrogens with one attached hydrogen (secondary N) is 1. The molecule has 1 aromatic rings. The quantitative estimate of drug-likeness (QED) is 0.641. The van der Waals surface area contributed by atoms with E-state index in [1.807, 2.05) is 4.90 Å². The maximum absolute atomic E-state index is 12.5. The lowest BCUT2D eigenvalue weighted by Crippen LogP contribution is -2.46. The Morgan fingerprint density at radius 1 is 1.34 bits per heavy atom. The first-order valence-corrected chi connectivity index (χ1v) is 9.98. The van der Waals surface area contributed by atoms with E-state index in [0.29, 0.717) is 29.6 Å². The summed E-state index contributed by atoms with van der Waals surface area (Å²) in [6.45, 7) is 3.40. The summed E-state index contributed by atoms with van der Waals surface area (Å²) in [5, 5.41) is 3.18. The monoisotopic (exact) mass is 425 g/mol. The normalized spacial score (nSPS) is 16.8. The average Bonchev–Trinajstić information content (AvgIpc) is 2.68. The van der Waals surface area contributed by atoms with Crippen molar-refractivity contribution in [3.05, 3.63) is 23.2 Å². The SMILES string of the molecule is CCOC(=O)[C@H]1CCCN(CC(=O)N(C)CC(=O)Nc2cc(Cl)ccc2OC)C1. The highest BCUT2D eigenvalue weighted by Crippen LogP contribution is 2.27. The Morgan fingerprint density at radius 3 is 2.79 bits per heavy atom. The molecule has 1 aromatic carbocycles. The molecule has 160 valence electrons. The number of carbonyl (C=O) groups is 3. The molecule has 0 radical (unpaired) electrons. The molecule has 0 aliphatic carbocycles. The van der Waals surface area contributed by atoms with Crippen LogP contribution in [0.4, 0.5) is 5.69 Å². The van der Waals surface area contributed by atoms with Crippen LogP contribution in [0.1, 0.15) is 19.8 Å². The molecule has 0 bridgehead atoms. The van der Waals surface area contributed by atoms with E-state index in [4.69, 9.17) is 21.1 Å². The van der Waals surface area contributed by atoms with Crippen molar-refractivity contribution < 1.29 is 23.9 Å². The lowest BCUT2D eigenvalue weighted by Gasteiger charge is -2.32. The van der Waals surface area contributed by atoms with Gasteiger partial charge in [0.25, 0.3) is 0 Å². The number of amides is 2. The van der Waals surface area contributed by atoms with Gasteiger partial charge in [-0.05, 0) is 44.5 Å². The fourth-order valence-electron chi connectivity index (χ4n) is 3.23. The van der Waals surface area contributed by atoms with Gasteiger partial charge >= 0.3 is 5.97 Å². The molecule has 0 unspecified atom stereocenters. The first kappa shape index (κ1) is 23.0. The van der Waals surface area contributed by atoms with E-state index in [-0.39, 0.29) is 36.8 Å². The minimum absolute atomic E-state index is 0.107. The van der Waals surface area contributed by atoms with Gasteiger partial charge < -0.3 is 19.7 Å². The number of nitrogens with zero attached hydrogens (tertiary/aromatic N) is 2. The summed E-state index contributed by atoms with van der Waals surface area (Å²) in [5.41, 5.74) is 0.444. The number of rotatable bonds is 8. The van der Waals surface area contributed by atoms with E-state index < -0.39 is 0 Å². The molecular weight excluding hydrogens is 398 g/mol. The molecule has 1 fully saturated rings. The zero-order valence-electron chi connectivity index (χ0n) is 17.1. The zero-order valence-corrected chi connectivity index (χ0v) is 17.8. The standard InChI is InChI=1S/C20H28ClN3O5/c1-4-29-20(27)14-6-5-9-24(11-14)13-19(26)23(2)12-18(25)22-16-10-15(21)7-8-17(16)28-3/h7-8,10,14H,4-6,9,11-13H2,1-3H3,(H,22,25)/t14-/m0/s1. The van der Waals surface area contributed by atoms with Crippen LogP contribution in [0.15, 0.2) is 18.2 Å². The van der Waals surface area contributed by atoms with Crippen LogP contribution >= 0.6 is 11.6 Å². The molecule has 0 spiro atoms. The fourth-order valence-corrected chi connectivity index (χ4v) is 3.41. The number of anilines is 1. The van der Waals surface area contributed by atoms with Crippen LogP contribution in [0.25, 0.3) is 0 Å². The molecule has 1 N–H and O–H groups in total. The molecule has 1 aliphatic rings. The van der Waals surface area contributed by atoms with Crippen molar-refractivity contribution in [1.29, 1.82) is 0 Å². The first-order valence-electron chi connectivity index (χ1n) is 9.60. The molecule has 2 amide bonds. The van der Waals surface area contributed by atoms with E-state index in [2.05, 4.69) is 5.32 Å². The number of carbonyl (C=O) groups excluding carboxylic acids is 3. The van der Waals surface area contributed by atoms with E-state index in [0.717, 1.165) is 19.4 Å². The largest absolute Gasteiger partial charge is 0.495 e. The molecule has 0 saturated carbocycles. The molecule has 1 atom stereocenters. The molecule has 1 aliphatic heterocycles. The number of methoxy groups -OCH3 is 1. The third-order valence-corrected chi connectivity index (χ3v) is 4.96. The van der Waals surface area contributed by atoms with Crippen LogP contribution in [-0.2, 0) is 19.1 Å². The number of benzene rings is 1. The molecule has 2 rings (SSSR count). The number of halogens is 1. The molecule has 8 nitrogen and oxygen atoms in total. The van der Waals surface area contributed by atoms with Gasteiger partial charge in [0.05, 0.1) is 38.4 Å². The minimum atomic E-state index is -0.357. The van der Waals surface area contributed by atoms with Crippen molar-refractivity contribution in [2.24, 2.45) is 5.92 Å². The van der Waals surface area contributed by atoms with Gasteiger partial charge in [0.1, 0.15) is 5.75 Å². The van der Waals surface area contributed by atoms with Gasteiger partial charge in [-0.15, -0.1) is 0 Å². The van der Waals surface area contributed by atoms with Gasteiger partial charge in [-0.3, -0.25) is 19.3 Å². The van der Waals surface area contributed by atoms with E-state index in [1.54, 1.807) is 32.2 Å². The second kappa shape index (κ2) is 11.0. The lowest BCUT2D eigenvalue weighted by molar-refractivity contribution is -0.150. The van der Waals surface area contributed by atoms with Crippen LogP contribution in [0.3, 0.4) is 0 Å². The van der Waals surface area contributed by atoms with Crippen LogP contribution in [0, 0.1) is 5.92 Å². The third kappa shape index (κ3) is 6.90. The summed E-state index contributed by atoms with van der Waals surface area (Å²) in [4.78, 5) is 40.1. The van der Waals surface area contributed by atoms with Gasteiger partial charge in [0.2, 0.25) is 11.8 Å². The van der Waals surface area contributed by atoms with Crippen LogP contribution < -0.4 is 10.1 Å². The van der Waals surface area contributed by atoms with Crippen molar-refractivity contribution in [2.45, 2.75) is 19.8 Å². The number of piperidine rings is 1. The van der Waals surface area contributed by atoms with Crippen molar-refractivity contribution in [1.82, 2.24) is 9.80 Å². The van der Waals surface area contributed by atoms with Crippen molar-refractivity contribution >= 4 is 35.1 Å². The highest BCUT2D eigenvalue weighted by Gasteiger charge is 2.28. The van der Waals surface area contributed by atoms with Crippen molar-refractivity contribution in [3.8, 4) is 5.75 Å². The predicted octanol–water partition coefficient (Wildman–Crippen LogP) is 2.02. The van der Waals surface area contributed by atoms with Gasteiger partial charge in [-0.2, -0.15) is 0 Å². The Hall–Kier alpha value is -2.32. The van der Waals surface area contributed by atoms with E-state index in [1.165, 1.54) is 12.0 Å². The number of esters is 1. The highest BCUT2D eigenvalue weighted by atomic mass is 35.5. The van der Waals surface area contributed by atoms with E-state index in [9.17, 15) is 14.4 Å². The second-order valence-corrected chi connectivity index (χ2v) is 7.41. The Kier molecular flexibility index (Phi) is 8.72. The van der Waals surface area contributed by atoms with Gasteiger partial charge in [-0.25, -0.2) is 0 Å². The molecular formula is C20H28ClN3O5. The van der Waals surface area contributed by atoms with Crippen LogP contribution in [-0.4, -0.2) is 74.5 Å². The number of likely N-dealkylation sites (tertiary alicyclic amines) is 1. The van der Waals surface area contributed by atoms with Crippen LogP contribution in [0.5, 0.6) is 5.75 Å². The third-order valence-electron chi connectivity index (χ3n) is 4.73. The Labute approximate surface area is 176 Å².